The number of nitrogens with one attached hydrogen (secondary N) is 1. The highest BCUT2D eigenvalue weighted by Gasteiger charge is 2.30. The van der Waals surface area contributed by atoms with Crippen molar-refractivity contribution >= 4 is 9.84 Å². The summed E-state index contributed by atoms with van der Waals surface area (Å²) in [6.45, 7) is 0.836. The summed E-state index contributed by atoms with van der Waals surface area (Å²) in [5, 5.41) is 13.3. The third kappa shape index (κ3) is 4.43. The second-order valence-electron chi connectivity index (χ2n) is 6.34. The van der Waals surface area contributed by atoms with Crippen LogP contribution in [0, 0.1) is 5.92 Å². The molecule has 0 aromatic heterocycles. The van der Waals surface area contributed by atoms with Gasteiger partial charge >= 0.3 is 0 Å². The quantitative estimate of drug-likeness (QED) is 0.823. The van der Waals surface area contributed by atoms with Crippen molar-refractivity contribution < 1.29 is 13.5 Å². The van der Waals surface area contributed by atoms with Gasteiger partial charge in [0.2, 0.25) is 0 Å². The van der Waals surface area contributed by atoms with Gasteiger partial charge in [-0.05, 0) is 38.0 Å². The van der Waals surface area contributed by atoms with Crippen LogP contribution in [0.15, 0.2) is 0 Å². The lowest BCUT2D eigenvalue weighted by molar-refractivity contribution is 0.0673. The highest BCUT2D eigenvalue weighted by Crippen LogP contribution is 2.26. The summed E-state index contributed by atoms with van der Waals surface area (Å²) in [4.78, 5) is 0. The zero-order valence-electron chi connectivity index (χ0n) is 11.8. The van der Waals surface area contributed by atoms with Gasteiger partial charge in [0.1, 0.15) is 9.84 Å². The molecule has 2 saturated carbocycles. The van der Waals surface area contributed by atoms with E-state index in [0.717, 1.165) is 51.5 Å². The van der Waals surface area contributed by atoms with Crippen molar-refractivity contribution in [3.63, 3.8) is 0 Å². The Balaban J connectivity index is 1.79. The Hall–Kier alpha value is -0.130. The van der Waals surface area contributed by atoms with E-state index >= 15 is 0 Å². The van der Waals surface area contributed by atoms with Gasteiger partial charge in [-0.25, -0.2) is 8.42 Å². The zero-order chi connectivity index (χ0) is 13.9. The molecule has 2 rings (SSSR count). The molecule has 112 valence electrons. The Morgan fingerprint density at radius 3 is 2.53 bits per heavy atom. The number of rotatable bonds is 4. The molecule has 0 heterocycles. The largest absolute Gasteiger partial charge is 0.393 e. The summed E-state index contributed by atoms with van der Waals surface area (Å²) in [5.41, 5.74) is 0. The SMILES string of the molecule is CS(=O)(=O)C1CCCC(NCC2CCCCC2O)C1. The van der Waals surface area contributed by atoms with Gasteiger partial charge in [-0.15, -0.1) is 0 Å². The van der Waals surface area contributed by atoms with Gasteiger partial charge in [0.15, 0.2) is 0 Å². The van der Waals surface area contributed by atoms with Crippen molar-refractivity contribution in [2.75, 3.05) is 12.8 Å². The molecule has 0 aromatic carbocycles. The molecular formula is C14H27NO3S. The van der Waals surface area contributed by atoms with Gasteiger partial charge in [-0.3, -0.25) is 0 Å². The summed E-state index contributed by atoms with van der Waals surface area (Å²) in [7, 11) is -2.90. The molecule has 0 radical (unpaired) electrons. The molecule has 0 aromatic rings. The van der Waals surface area contributed by atoms with Crippen LogP contribution in [0.4, 0.5) is 0 Å². The smallest absolute Gasteiger partial charge is 0.150 e. The van der Waals surface area contributed by atoms with E-state index in [4.69, 9.17) is 0 Å². The van der Waals surface area contributed by atoms with Gasteiger partial charge in [0.05, 0.1) is 11.4 Å². The summed E-state index contributed by atoms with van der Waals surface area (Å²) in [6, 6.07) is 0.308. The minimum atomic E-state index is -2.90. The molecule has 2 aliphatic rings. The molecule has 0 amide bonds. The van der Waals surface area contributed by atoms with Crippen LogP contribution in [0.1, 0.15) is 51.4 Å². The third-order valence-corrected chi connectivity index (χ3v) is 6.41. The first-order chi connectivity index (χ1) is 8.97. The van der Waals surface area contributed by atoms with Crippen molar-refractivity contribution in [1.82, 2.24) is 5.32 Å². The molecule has 0 saturated heterocycles. The predicted molar refractivity (Wildman–Crippen MR) is 76.9 cm³/mol. The van der Waals surface area contributed by atoms with Gasteiger partial charge < -0.3 is 10.4 Å². The Bertz CT molecular complexity index is 382. The highest BCUT2D eigenvalue weighted by atomic mass is 32.2. The van der Waals surface area contributed by atoms with Crippen molar-refractivity contribution in [2.24, 2.45) is 5.92 Å². The van der Waals surface area contributed by atoms with Gasteiger partial charge in [0, 0.05) is 18.8 Å². The standard InChI is InChI=1S/C14H27NO3S/c1-19(17,18)13-7-4-6-12(9-13)15-10-11-5-2-3-8-14(11)16/h11-16H,2-10H2,1H3. The fraction of sp³-hybridized carbons (Fsp3) is 1.00. The molecule has 0 bridgehead atoms. The highest BCUT2D eigenvalue weighted by molar-refractivity contribution is 7.91. The monoisotopic (exact) mass is 289 g/mol. The van der Waals surface area contributed by atoms with E-state index in [1.54, 1.807) is 0 Å². The van der Waals surface area contributed by atoms with Crippen LogP contribution in [-0.4, -0.2) is 43.7 Å². The molecule has 2 fully saturated rings. The first-order valence-corrected chi connectivity index (χ1v) is 9.52. The summed E-state index contributed by atoms with van der Waals surface area (Å²) in [6.07, 6.45) is 9.14. The average molecular weight is 289 g/mol. The lowest BCUT2D eigenvalue weighted by atomic mass is 9.86. The molecule has 4 nitrogen and oxygen atoms in total. The lowest BCUT2D eigenvalue weighted by Gasteiger charge is -2.32. The Kier molecular flexibility index (Phi) is 5.26. The van der Waals surface area contributed by atoms with Crippen LogP contribution in [0.3, 0.4) is 0 Å². The Labute approximate surface area is 116 Å². The molecule has 0 spiro atoms. The zero-order valence-corrected chi connectivity index (χ0v) is 12.7. The van der Waals surface area contributed by atoms with Crippen LogP contribution in [0.2, 0.25) is 0 Å². The topological polar surface area (TPSA) is 66.4 Å². The number of hydrogen-bond donors (Lipinski definition) is 2. The van der Waals surface area contributed by atoms with E-state index in [1.165, 1.54) is 12.7 Å². The molecular weight excluding hydrogens is 262 g/mol. The molecule has 4 atom stereocenters. The fourth-order valence-electron chi connectivity index (χ4n) is 3.46. The second-order valence-corrected chi connectivity index (χ2v) is 8.66. The number of aliphatic hydroxyl groups excluding tert-OH is 1. The lowest BCUT2D eigenvalue weighted by Crippen LogP contribution is -2.43. The molecule has 5 heteroatoms. The maximum absolute atomic E-state index is 11.6. The molecule has 2 aliphatic carbocycles. The van der Waals surface area contributed by atoms with E-state index in [9.17, 15) is 13.5 Å². The second kappa shape index (κ2) is 6.55. The number of hydrogen-bond acceptors (Lipinski definition) is 4. The minimum Gasteiger partial charge on any atom is -0.393 e. The summed E-state index contributed by atoms with van der Waals surface area (Å²) >= 11 is 0. The fourth-order valence-corrected chi connectivity index (χ4v) is 4.64. The van der Waals surface area contributed by atoms with Crippen molar-refractivity contribution in [2.45, 2.75) is 68.8 Å². The maximum Gasteiger partial charge on any atom is 0.150 e. The molecule has 4 unspecified atom stereocenters. The van der Waals surface area contributed by atoms with Crippen molar-refractivity contribution in [3.05, 3.63) is 0 Å². The van der Waals surface area contributed by atoms with Crippen LogP contribution in [0.25, 0.3) is 0 Å². The van der Waals surface area contributed by atoms with Crippen molar-refractivity contribution in [3.8, 4) is 0 Å². The number of sulfone groups is 1. The van der Waals surface area contributed by atoms with Crippen LogP contribution >= 0.6 is 0 Å². The van der Waals surface area contributed by atoms with E-state index in [1.807, 2.05) is 0 Å². The van der Waals surface area contributed by atoms with E-state index in [0.29, 0.717) is 12.0 Å². The summed E-state index contributed by atoms with van der Waals surface area (Å²) in [5.74, 6) is 0.354. The van der Waals surface area contributed by atoms with Crippen LogP contribution in [0.5, 0.6) is 0 Å². The first-order valence-electron chi connectivity index (χ1n) is 7.57. The normalized spacial score (nSPS) is 37.2. The van der Waals surface area contributed by atoms with Crippen LogP contribution < -0.4 is 5.32 Å². The molecule has 2 N–H and O–H groups in total. The predicted octanol–water partition coefficient (Wildman–Crippen LogP) is 1.48. The average Bonchev–Trinajstić information content (AvgIpc) is 2.37. The summed E-state index contributed by atoms with van der Waals surface area (Å²) < 4.78 is 23.2. The minimum absolute atomic E-state index is 0.171. The Morgan fingerprint density at radius 2 is 1.84 bits per heavy atom. The van der Waals surface area contributed by atoms with E-state index < -0.39 is 9.84 Å². The first kappa shape index (κ1) is 15.3. The van der Waals surface area contributed by atoms with Gasteiger partial charge in [-0.2, -0.15) is 0 Å². The number of aliphatic hydroxyl groups is 1. The Morgan fingerprint density at radius 1 is 1.11 bits per heavy atom. The third-order valence-electron chi connectivity index (χ3n) is 4.77. The molecule has 19 heavy (non-hydrogen) atoms. The van der Waals surface area contributed by atoms with Crippen LogP contribution in [-0.2, 0) is 9.84 Å². The van der Waals surface area contributed by atoms with Gasteiger partial charge in [0.25, 0.3) is 0 Å². The molecule has 0 aliphatic heterocycles. The maximum atomic E-state index is 11.6. The van der Waals surface area contributed by atoms with Crippen molar-refractivity contribution in [1.29, 1.82) is 0 Å². The van der Waals surface area contributed by atoms with E-state index in [-0.39, 0.29) is 11.4 Å². The van der Waals surface area contributed by atoms with Gasteiger partial charge in [-0.1, -0.05) is 19.3 Å². The van der Waals surface area contributed by atoms with E-state index in [2.05, 4.69) is 5.32 Å².